The van der Waals surface area contributed by atoms with E-state index < -0.39 is 0 Å². The number of rotatable bonds is 9. The number of aliphatic imine (C=N–C) groups is 1. The summed E-state index contributed by atoms with van der Waals surface area (Å²) >= 11 is 0. The average molecular weight is 530 g/mol. The molecular formula is C23H40IN5O. The minimum atomic E-state index is 0. The lowest BCUT2D eigenvalue weighted by atomic mass is 10.1. The first-order chi connectivity index (χ1) is 14.3. The summed E-state index contributed by atoms with van der Waals surface area (Å²) in [5.41, 5.74) is 2.69. The van der Waals surface area contributed by atoms with Gasteiger partial charge in [0.05, 0.1) is 19.8 Å². The first-order valence-corrected chi connectivity index (χ1v) is 11.4. The molecule has 7 heteroatoms. The highest BCUT2D eigenvalue weighted by Crippen LogP contribution is 2.16. The van der Waals surface area contributed by atoms with E-state index in [1.165, 1.54) is 43.6 Å². The number of nitrogens with one attached hydrogen (secondary N) is 2. The predicted molar refractivity (Wildman–Crippen MR) is 136 cm³/mol. The standard InChI is InChI=1S/C23H39N5O.HI/c1-3-10-27-11-9-20(18-27)16-25-23(24-4-2)26-17-21-7-5-6-8-22(21)19-28-12-14-29-15-13-28;/h5-8,20H,3-4,9-19H2,1-2H3,(H2,24,25,26);1H. The number of hydrogen-bond acceptors (Lipinski definition) is 4. The Hall–Kier alpha value is -0.900. The van der Waals surface area contributed by atoms with E-state index in [2.05, 4.69) is 58.5 Å². The molecule has 6 nitrogen and oxygen atoms in total. The summed E-state index contributed by atoms with van der Waals surface area (Å²) in [5.74, 6) is 1.65. The Kier molecular flexibility index (Phi) is 12.0. The van der Waals surface area contributed by atoms with Crippen molar-refractivity contribution in [3.63, 3.8) is 0 Å². The topological polar surface area (TPSA) is 52.1 Å². The second kappa shape index (κ2) is 14.2. The van der Waals surface area contributed by atoms with Gasteiger partial charge in [-0.1, -0.05) is 31.2 Å². The van der Waals surface area contributed by atoms with Crippen LogP contribution >= 0.6 is 24.0 Å². The van der Waals surface area contributed by atoms with Gasteiger partial charge in [0, 0.05) is 39.3 Å². The van der Waals surface area contributed by atoms with Crippen molar-refractivity contribution in [2.45, 2.75) is 39.8 Å². The molecule has 0 aliphatic carbocycles. The van der Waals surface area contributed by atoms with Crippen LogP contribution in [0.4, 0.5) is 0 Å². The summed E-state index contributed by atoms with van der Waals surface area (Å²) < 4.78 is 5.48. The van der Waals surface area contributed by atoms with E-state index in [1.54, 1.807) is 0 Å². The quantitative estimate of drug-likeness (QED) is 0.293. The first kappa shape index (κ1) is 25.4. The van der Waals surface area contributed by atoms with Gasteiger partial charge in [0.15, 0.2) is 5.96 Å². The van der Waals surface area contributed by atoms with Crippen LogP contribution in [-0.2, 0) is 17.8 Å². The van der Waals surface area contributed by atoms with Crippen LogP contribution in [0.15, 0.2) is 29.3 Å². The van der Waals surface area contributed by atoms with Crippen molar-refractivity contribution in [3.8, 4) is 0 Å². The van der Waals surface area contributed by atoms with Gasteiger partial charge >= 0.3 is 0 Å². The molecule has 2 aliphatic heterocycles. The lowest BCUT2D eigenvalue weighted by Crippen LogP contribution is -2.40. The van der Waals surface area contributed by atoms with E-state index in [0.717, 1.165) is 57.8 Å². The highest BCUT2D eigenvalue weighted by atomic mass is 127. The first-order valence-electron chi connectivity index (χ1n) is 11.4. The van der Waals surface area contributed by atoms with Crippen LogP contribution in [0.2, 0.25) is 0 Å². The predicted octanol–water partition coefficient (Wildman–Crippen LogP) is 2.92. The van der Waals surface area contributed by atoms with Gasteiger partial charge in [0.25, 0.3) is 0 Å². The summed E-state index contributed by atoms with van der Waals surface area (Å²) in [5, 5.41) is 6.99. The van der Waals surface area contributed by atoms with E-state index in [-0.39, 0.29) is 24.0 Å². The molecule has 2 aliphatic rings. The van der Waals surface area contributed by atoms with E-state index in [4.69, 9.17) is 9.73 Å². The molecular weight excluding hydrogens is 489 g/mol. The number of benzene rings is 1. The van der Waals surface area contributed by atoms with Crippen LogP contribution in [0.25, 0.3) is 0 Å². The third-order valence-corrected chi connectivity index (χ3v) is 5.84. The molecule has 1 aromatic rings. The zero-order chi connectivity index (χ0) is 20.3. The minimum absolute atomic E-state index is 0. The molecule has 0 bridgehead atoms. The molecule has 2 heterocycles. The molecule has 0 saturated carbocycles. The van der Waals surface area contributed by atoms with Crippen molar-refractivity contribution in [2.75, 3.05) is 59.0 Å². The number of ether oxygens (including phenoxy) is 1. The second-order valence-corrected chi connectivity index (χ2v) is 8.19. The number of hydrogen-bond donors (Lipinski definition) is 2. The lowest BCUT2D eigenvalue weighted by Gasteiger charge is -2.27. The number of guanidine groups is 1. The Balaban J connectivity index is 0.00000320. The Morgan fingerprint density at radius 1 is 1.07 bits per heavy atom. The van der Waals surface area contributed by atoms with Gasteiger partial charge in [-0.25, -0.2) is 4.99 Å². The highest BCUT2D eigenvalue weighted by Gasteiger charge is 2.21. The lowest BCUT2D eigenvalue weighted by molar-refractivity contribution is 0.0341. The fourth-order valence-corrected chi connectivity index (χ4v) is 4.21. The van der Waals surface area contributed by atoms with Crippen molar-refractivity contribution in [2.24, 2.45) is 10.9 Å². The van der Waals surface area contributed by atoms with Crippen molar-refractivity contribution in [1.29, 1.82) is 0 Å². The van der Waals surface area contributed by atoms with Gasteiger partial charge in [-0.3, -0.25) is 4.90 Å². The van der Waals surface area contributed by atoms with Crippen molar-refractivity contribution >= 4 is 29.9 Å². The maximum absolute atomic E-state index is 5.48. The van der Waals surface area contributed by atoms with Gasteiger partial charge in [-0.05, 0) is 49.9 Å². The van der Waals surface area contributed by atoms with Crippen molar-refractivity contribution in [3.05, 3.63) is 35.4 Å². The van der Waals surface area contributed by atoms with Crippen LogP contribution in [0.1, 0.15) is 37.8 Å². The van der Waals surface area contributed by atoms with Gasteiger partial charge in [0.1, 0.15) is 0 Å². The molecule has 3 rings (SSSR count). The summed E-state index contributed by atoms with van der Waals surface area (Å²) in [4.78, 5) is 9.94. The zero-order valence-corrected chi connectivity index (χ0v) is 21.1. The summed E-state index contributed by atoms with van der Waals surface area (Å²) in [6.45, 7) is 15.3. The van der Waals surface area contributed by atoms with Crippen LogP contribution in [0.3, 0.4) is 0 Å². The molecule has 1 unspecified atom stereocenters. The molecule has 2 fully saturated rings. The fourth-order valence-electron chi connectivity index (χ4n) is 4.21. The van der Waals surface area contributed by atoms with Crippen molar-refractivity contribution < 1.29 is 4.74 Å². The van der Waals surface area contributed by atoms with E-state index in [1.807, 2.05) is 0 Å². The van der Waals surface area contributed by atoms with Gasteiger partial charge < -0.3 is 20.3 Å². The molecule has 2 saturated heterocycles. The monoisotopic (exact) mass is 529 g/mol. The molecule has 2 N–H and O–H groups in total. The Bertz CT molecular complexity index is 636. The number of morpholine rings is 1. The van der Waals surface area contributed by atoms with Gasteiger partial charge in [-0.15, -0.1) is 24.0 Å². The van der Waals surface area contributed by atoms with Crippen LogP contribution in [0, 0.1) is 5.92 Å². The van der Waals surface area contributed by atoms with Crippen molar-refractivity contribution in [1.82, 2.24) is 20.4 Å². The molecule has 30 heavy (non-hydrogen) atoms. The normalized spacial score (nSPS) is 20.7. The summed E-state index contributed by atoms with van der Waals surface area (Å²) in [7, 11) is 0. The molecule has 1 atom stereocenters. The zero-order valence-electron chi connectivity index (χ0n) is 18.7. The molecule has 0 spiro atoms. The average Bonchev–Trinajstić information content (AvgIpc) is 3.19. The smallest absolute Gasteiger partial charge is 0.191 e. The van der Waals surface area contributed by atoms with Crippen LogP contribution < -0.4 is 10.6 Å². The minimum Gasteiger partial charge on any atom is -0.379 e. The van der Waals surface area contributed by atoms with E-state index in [9.17, 15) is 0 Å². The number of halogens is 1. The Morgan fingerprint density at radius 2 is 1.83 bits per heavy atom. The van der Waals surface area contributed by atoms with Crippen LogP contribution in [0.5, 0.6) is 0 Å². The van der Waals surface area contributed by atoms with E-state index >= 15 is 0 Å². The van der Waals surface area contributed by atoms with Gasteiger partial charge in [0.2, 0.25) is 0 Å². The molecule has 0 aromatic heterocycles. The van der Waals surface area contributed by atoms with E-state index in [0.29, 0.717) is 6.54 Å². The largest absolute Gasteiger partial charge is 0.379 e. The molecule has 1 aromatic carbocycles. The third kappa shape index (κ3) is 8.32. The maximum Gasteiger partial charge on any atom is 0.191 e. The second-order valence-electron chi connectivity index (χ2n) is 8.19. The Labute approximate surface area is 199 Å². The summed E-state index contributed by atoms with van der Waals surface area (Å²) in [6, 6.07) is 8.70. The third-order valence-electron chi connectivity index (χ3n) is 5.84. The molecule has 170 valence electrons. The number of nitrogens with zero attached hydrogens (tertiary/aromatic N) is 3. The molecule has 0 amide bonds. The Morgan fingerprint density at radius 3 is 2.57 bits per heavy atom. The SMILES string of the molecule is CCCN1CCC(CNC(=NCc2ccccc2CN2CCOCC2)NCC)C1.I. The molecule has 0 radical (unpaired) electrons. The number of likely N-dealkylation sites (tertiary alicyclic amines) is 1. The highest BCUT2D eigenvalue weighted by molar-refractivity contribution is 14.0. The summed E-state index contributed by atoms with van der Waals surface area (Å²) in [6.07, 6.45) is 2.53. The van der Waals surface area contributed by atoms with Gasteiger partial charge in [-0.2, -0.15) is 0 Å². The fraction of sp³-hybridized carbons (Fsp3) is 0.696. The maximum atomic E-state index is 5.48. The van der Waals surface area contributed by atoms with Crippen LogP contribution in [-0.4, -0.2) is 74.8 Å².